The van der Waals surface area contributed by atoms with Gasteiger partial charge in [-0.3, -0.25) is 14.9 Å². The summed E-state index contributed by atoms with van der Waals surface area (Å²) in [7, 11) is 0. The van der Waals surface area contributed by atoms with Crippen molar-refractivity contribution in [1.29, 1.82) is 5.26 Å². The summed E-state index contributed by atoms with van der Waals surface area (Å²) in [6.45, 7) is 5.76. The van der Waals surface area contributed by atoms with E-state index >= 15 is 0 Å². The summed E-state index contributed by atoms with van der Waals surface area (Å²) >= 11 is 0. The van der Waals surface area contributed by atoms with E-state index in [0.717, 1.165) is 5.56 Å². The molecule has 0 bridgehead atoms. The number of fused-ring (bicyclic) bond motifs is 1. The van der Waals surface area contributed by atoms with Gasteiger partial charge in [0.1, 0.15) is 0 Å². The highest BCUT2D eigenvalue weighted by Gasteiger charge is 2.30. The molecule has 0 spiro atoms. The molecular weight excluding hydrogens is 342 g/mol. The summed E-state index contributed by atoms with van der Waals surface area (Å²) in [5, 5.41) is 23.5. The van der Waals surface area contributed by atoms with Gasteiger partial charge < -0.3 is 5.32 Å². The largest absolute Gasteiger partial charge is 0.379 e. The van der Waals surface area contributed by atoms with Crippen LogP contribution < -0.4 is 5.32 Å². The molecule has 0 amide bonds. The highest BCUT2D eigenvalue weighted by atomic mass is 16.6. The van der Waals surface area contributed by atoms with E-state index < -0.39 is 4.92 Å². The fraction of sp³-hybridized carbons (Fsp3) is 0.238. The molecule has 0 fully saturated rings. The van der Waals surface area contributed by atoms with Crippen LogP contribution in [0.25, 0.3) is 5.70 Å². The molecule has 3 rings (SSSR count). The smallest absolute Gasteiger partial charge is 0.272 e. The van der Waals surface area contributed by atoms with Crippen molar-refractivity contribution < 1.29 is 9.72 Å². The van der Waals surface area contributed by atoms with Crippen LogP contribution in [0, 0.1) is 28.4 Å². The average Bonchev–Trinajstić information content (AvgIpc) is 2.60. The Kier molecular flexibility index (Phi) is 4.54. The molecule has 0 radical (unpaired) electrons. The lowest BCUT2D eigenvalue weighted by atomic mass is 9.84. The highest BCUT2D eigenvalue weighted by molar-refractivity contribution is 6.08. The Morgan fingerprint density at radius 1 is 1.30 bits per heavy atom. The Bertz CT molecular complexity index is 1010. The topological polar surface area (TPSA) is 96.0 Å². The fourth-order valence-electron chi connectivity index (χ4n) is 3.34. The Hall–Kier alpha value is -3.46. The van der Waals surface area contributed by atoms with E-state index in [-0.39, 0.29) is 17.0 Å². The van der Waals surface area contributed by atoms with Gasteiger partial charge in [-0.25, -0.2) is 0 Å². The van der Waals surface area contributed by atoms with E-state index in [0.29, 0.717) is 34.4 Å². The van der Waals surface area contributed by atoms with Gasteiger partial charge >= 0.3 is 0 Å². The van der Waals surface area contributed by atoms with Crippen molar-refractivity contribution in [2.24, 2.45) is 0 Å². The molecule has 0 aliphatic carbocycles. The minimum Gasteiger partial charge on any atom is -0.379 e. The number of benzene rings is 2. The van der Waals surface area contributed by atoms with Gasteiger partial charge in [0.2, 0.25) is 0 Å². The van der Waals surface area contributed by atoms with E-state index in [1.807, 2.05) is 26.0 Å². The highest BCUT2D eigenvalue weighted by Crippen LogP contribution is 2.34. The third kappa shape index (κ3) is 3.72. The molecule has 0 unspecified atom stereocenters. The van der Waals surface area contributed by atoms with Gasteiger partial charge in [0, 0.05) is 40.1 Å². The minimum absolute atomic E-state index is 0.0342. The number of nitro groups is 1. The molecule has 1 heterocycles. The Morgan fingerprint density at radius 3 is 2.56 bits per heavy atom. The first-order chi connectivity index (χ1) is 12.7. The molecule has 6 heteroatoms. The number of carbonyl (C=O) groups excluding carboxylic acids is 1. The van der Waals surface area contributed by atoms with Crippen molar-refractivity contribution in [2.45, 2.75) is 32.7 Å². The van der Waals surface area contributed by atoms with Crippen molar-refractivity contribution in [3.05, 3.63) is 80.4 Å². The normalized spacial score (nSPS) is 16.1. The van der Waals surface area contributed by atoms with Gasteiger partial charge in [0.05, 0.1) is 16.6 Å². The molecular formula is C21H19N3O3. The number of aryl methyl sites for hydroxylation is 1. The zero-order valence-corrected chi connectivity index (χ0v) is 15.4. The quantitative estimate of drug-likeness (QED) is 0.387. The number of nitrogens with one attached hydrogen (secondary N) is 1. The second kappa shape index (κ2) is 6.69. The van der Waals surface area contributed by atoms with Gasteiger partial charge in [0.25, 0.3) is 5.69 Å². The average molecular weight is 361 g/mol. The number of hydrogen-bond acceptors (Lipinski definition) is 5. The number of hydrogen-bond donors (Lipinski definition) is 1. The lowest BCUT2D eigenvalue weighted by Crippen LogP contribution is -2.44. The van der Waals surface area contributed by atoms with E-state index in [9.17, 15) is 14.9 Å². The van der Waals surface area contributed by atoms with Crippen molar-refractivity contribution in [3.63, 3.8) is 0 Å². The molecule has 6 nitrogen and oxygen atoms in total. The third-order valence-corrected chi connectivity index (χ3v) is 4.59. The van der Waals surface area contributed by atoms with Crippen LogP contribution in [0.5, 0.6) is 0 Å². The minimum atomic E-state index is -0.407. The van der Waals surface area contributed by atoms with Gasteiger partial charge in [-0.15, -0.1) is 0 Å². The first-order valence-corrected chi connectivity index (χ1v) is 8.53. The second-order valence-corrected chi connectivity index (χ2v) is 7.35. The maximum atomic E-state index is 12.7. The summed E-state index contributed by atoms with van der Waals surface area (Å²) in [6.07, 6.45) is 2.17. The first kappa shape index (κ1) is 18.3. The molecule has 2 aromatic rings. The summed E-state index contributed by atoms with van der Waals surface area (Å²) in [6, 6.07) is 11.8. The molecule has 1 aliphatic heterocycles. The molecule has 27 heavy (non-hydrogen) atoms. The van der Waals surface area contributed by atoms with Crippen molar-refractivity contribution in [1.82, 2.24) is 5.32 Å². The van der Waals surface area contributed by atoms with E-state index in [2.05, 4.69) is 5.32 Å². The number of carbonyl (C=O) groups is 1. The lowest BCUT2D eigenvalue weighted by molar-refractivity contribution is -0.385. The van der Waals surface area contributed by atoms with Crippen LogP contribution in [0.2, 0.25) is 0 Å². The van der Waals surface area contributed by atoms with Gasteiger partial charge in [-0.1, -0.05) is 0 Å². The van der Waals surface area contributed by atoms with E-state index in [1.165, 1.54) is 12.1 Å². The zero-order chi connectivity index (χ0) is 19.8. The monoisotopic (exact) mass is 361 g/mol. The molecule has 0 atom stereocenters. The Morgan fingerprint density at radius 2 is 1.96 bits per heavy atom. The number of nitro benzene ring substituents is 1. The molecule has 0 saturated heterocycles. The Balaban J connectivity index is 2.08. The summed E-state index contributed by atoms with van der Waals surface area (Å²) in [5.41, 5.74) is 3.50. The summed E-state index contributed by atoms with van der Waals surface area (Å²) in [5.74, 6) is -0.228. The first-order valence-electron chi connectivity index (χ1n) is 8.53. The number of rotatable bonds is 3. The molecule has 1 N–H and O–H groups in total. The molecule has 2 aromatic carbocycles. The van der Waals surface area contributed by atoms with Crippen LogP contribution in [0.1, 0.15) is 46.5 Å². The lowest BCUT2D eigenvalue weighted by Gasteiger charge is -2.35. The fourth-order valence-corrected chi connectivity index (χ4v) is 3.34. The number of nitrogens with zero attached hydrogens (tertiary/aromatic N) is 2. The summed E-state index contributed by atoms with van der Waals surface area (Å²) < 4.78 is 0. The SMILES string of the molecule is Cc1cc2c(cc1[N+](=O)[O-])C(=CC(=O)c1ccc(C#N)cc1)NC(C)(C)C2. The van der Waals surface area contributed by atoms with E-state index in [4.69, 9.17) is 5.26 Å². The van der Waals surface area contributed by atoms with Crippen molar-refractivity contribution in [3.8, 4) is 6.07 Å². The van der Waals surface area contributed by atoms with Gasteiger partial charge in [-0.2, -0.15) is 5.26 Å². The maximum absolute atomic E-state index is 12.7. The zero-order valence-electron chi connectivity index (χ0n) is 15.4. The van der Waals surface area contributed by atoms with Crippen molar-refractivity contribution in [2.75, 3.05) is 0 Å². The Labute approximate surface area is 157 Å². The molecule has 0 saturated carbocycles. The van der Waals surface area contributed by atoms with Gasteiger partial charge in [-0.05, 0) is 63.1 Å². The maximum Gasteiger partial charge on any atom is 0.272 e. The third-order valence-electron chi connectivity index (χ3n) is 4.59. The van der Waals surface area contributed by atoms with Crippen LogP contribution in [-0.4, -0.2) is 16.2 Å². The van der Waals surface area contributed by atoms with E-state index in [1.54, 1.807) is 31.2 Å². The van der Waals surface area contributed by atoms with Crippen LogP contribution in [-0.2, 0) is 6.42 Å². The molecule has 0 aromatic heterocycles. The van der Waals surface area contributed by atoms with Crippen LogP contribution in [0.3, 0.4) is 0 Å². The number of nitriles is 1. The predicted molar refractivity (Wildman–Crippen MR) is 102 cm³/mol. The van der Waals surface area contributed by atoms with Crippen molar-refractivity contribution >= 4 is 17.2 Å². The second-order valence-electron chi connectivity index (χ2n) is 7.35. The number of ketones is 1. The molecule has 1 aliphatic rings. The summed E-state index contributed by atoms with van der Waals surface area (Å²) in [4.78, 5) is 23.6. The molecule has 136 valence electrons. The van der Waals surface area contributed by atoms with Crippen LogP contribution in [0.15, 0.2) is 42.5 Å². The number of allylic oxidation sites excluding steroid dienone is 1. The van der Waals surface area contributed by atoms with Crippen LogP contribution >= 0.6 is 0 Å². The predicted octanol–water partition coefficient (Wildman–Crippen LogP) is 3.92. The standard InChI is InChI=1S/C21H19N3O3/c1-13-8-16-11-21(2,3)23-18(17(16)9-19(13)24(26)27)10-20(25)15-6-4-14(12-22)5-7-15/h4-10,23H,11H2,1-3H3. The van der Waals surface area contributed by atoms with Crippen LogP contribution in [0.4, 0.5) is 5.69 Å². The van der Waals surface area contributed by atoms with Gasteiger partial charge in [0.15, 0.2) is 5.78 Å².